The SMILES string of the molecule is O=Cc1cccc(C2CCCCC2)c1C1CCCCC1. The van der Waals surface area contributed by atoms with Crippen LogP contribution in [-0.4, -0.2) is 6.29 Å². The molecule has 0 amide bonds. The molecule has 0 aromatic heterocycles. The van der Waals surface area contributed by atoms with Crippen molar-refractivity contribution in [2.75, 3.05) is 0 Å². The maximum atomic E-state index is 11.5. The average Bonchev–Trinajstić information content (AvgIpc) is 2.55. The highest BCUT2D eigenvalue weighted by atomic mass is 16.1. The number of carbonyl (C=O) groups excluding carboxylic acids is 1. The molecule has 0 bridgehead atoms. The van der Waals surface area contributed by atoms with Crippen molar-refractivity contribution in [2.45, 2.75) is 76.0 Å². The van der Waals surface area contributed by atoms with Gasteiger partial charge in [-0.1, -0.05) is 56.7 Å². The van der Waals surface area contributed by atoms with Gasteiger partial charge >= 0.3 is 0 Å². The summed E-state index contributed by atoms with van der Waals surface area (Å²) in [6.07, 6.45) is 14.5. The summed E-state index contributed by atoms with van der Waals surface area (Å²) in [6.45, 7) is 0. The smallest absolute Gasteiger partial charge is 0.150 e. The second kappa shape index (κ2) is 6.56. The fraction of sp³-hybridized carbons (Fsp3) is 0.632. The van der Waals surface area contributed by atoms with Crippen molar-refractivity contribution in [1.29, 1.82) is 0 Å². The molecule has 0 unspecified atom stereocenters. The molecule has 1 aromatic rings. The molecule has 2 aliphatic carbocycles. The first-order chi connectivity index (χ1) is 9.90. The molecule has 108 valence electrons. The molecule has 0 radical (unpaired) electrons. The van der Waals surface area contributed by atoms with Crippen LogP contribution in [0.15, 0.2) is 18.2 Å². The molecule has 0 heterocycles. The first-order valence-corrected chi connectivity index (χ1v) is 8.48. The van der Waals surface area contributed by atoms with E-state index >= 15 is 0 Å². The molecular weight excluding hydrogens is 244 g/mol. The Morgan fingerprint density at radius 1 is 0.800 bits per heavy atom. The van der Waals surface area contributed by atoms with E-state index in [-0.39, 0.29) is 0 Å². The van der Waals surface area contributed by atoms with Crippen LogP contribution in [0.2, 0.25) is 0 Å². The van der Waals surface area contributed by atoms with Crippen LogP contribution in [-0.2, 0) is 0 Å². The molecule has 1 heteroatoms. The number of hydrogen-bond donors (Lipinski definition) is 0. The molecule has 2 saturated carbocycles. The Bertz CT molecular complexity index is 451. The fourth-order valence-corrected chi connectivity index (χ4v) is 4.34. The minimum atomic E-state index is 0.641. The number of benzene rings is 1. The van der Waals surface area contributed by atoms with Gasteiger partial charge in [0.1, 0.15) is 6.29 Å². The van der Waals surface area contributed by atoms with E-state index in [0.717, 1.165) is 11.8 Å². The van der Waals surface area contributed by atoms with E-state index in [1.165, 1.54) is 75.3 Å². The van der Waals surface area contributed by atoms with Crippen LogP contribution in [0.1, 0.15) is 97.5 Å². The van der Waals surface area contributed by atoms with Crippen LogP contribution in [0, 0.1) is 0 Å². The topological polar surface area (TPSA) is 17.1 Å². The molecular formula is C19H26O. The van der Waals surface area contributed by atoms with Gasteiger partial charge in [-0.25, -0.2) is 0 Å². The Labute approximate surface area is 122 Å². The molecule has 0 aliphatic heterocycles. The highest BCUT2D eigenvalue weighted by Gasteiger charge is 2.25. The number of aldehydes is 1. The molecule has 0 atom stereocenters. The standard InChI is InChI=1S/C19H26O/c20-14-17-12-7-13-18(15-8-3-1-4-9-15)19(17)16-10-5-2-6-11-16/h7,12-16H,1-6,8-11H2. The van der Waals surface area contributed by atoms with E-state index in [2.05, 4.69) is 12.1 Å². The number of rotatable bonds is 3. The summed E-state index contributed by atoms with van der Waals surface area (Å²) in [5.41, 5.74) is 3.91. The Kier molecular flexibility index (Phi) is 4.54. The van der Waals surface area contributed by atoms with Gasteiger partial charge in [-0.3, -0.25) is 4.79 Å². The molecule has 2 aliphatic rings. The Morgan fingerprint density at radius 2 is 1.40 bits per heavy atom. The summed E-state index contributed by atoms with van der Waals surface area (Å²) < 4.78 is 0. The third-order valence-corrected chi connectivity index (χ3v) is 5.36. The van der Waals surface area contributed by atoms with E-state index in [4.69, 9.17) is 0 Å². The van der Waals surface area contributed by atoms with Crippen LogP contribution in [0.4, 0.5) is 0 Å². The Morgan fingerprint density at radius 3 is 2.00 bits per heavy atom. The summed E-state index contributed by atoms with van der Waals surface area (Å²) in [6, 6.07) is 6.44. The first-order valence-electron chi connectivity index (χ1n) is 8.48. The monoisotopic (exact) mass is 270 g/mol. The van der Waals surface area contributed by atoms with Crippen molar-refractivity contribution in [3.8, 4) is 0 Å². The number of carbonyl (C=O) groups is 1. The molecule has 20 heavy (non-hydrogen) atoms. The van der Waals surface area contributed by atoms with Gasteiger partial charge in [0.15, 0.2) is 0 Å². The first kappa shape index (κ1) is 13.9. The summed E-state index contributed by atoms with van der Waals surface area (Å²) in [5, 5.41) is 0. The second-order valence-corrected chi connectivity index (χ2v) is 6.64. The summed E-state index contributed by atoms with van der Waals surface area (Å²) in [4.78, 5) is 11.5. The minimum absolute atomic E-state index is 0.641. The molecule has 3 rings (SSSR count). The lowest BCUT2D eigenvalue weighted by Gasteiger charge is -2.30. The van der Waals surface area contributed by atoms with Crippen LogP contribution >= 0.6 is 0 Å². The second-order valence-electron chi connectivity index (χ2n) is 6.64. The van der Waals surface area contributed by atoms with Crippen molar-refractivity contribution in [1.82, 2.24) is 0 Å². The summed E-state index contributed by atoms with van der Waals surface area (Å²) in [5.74, 6) is 1.35. The van der Waals surface area contributed by atoms with E-state index in [9.17, 15) is 4.79 Å². The van der Waals surface area contributed by atoms with Crippen LogP contribution in [0.3, 0.4) is 0 Å². The summed E-state index contributed by atoms with van der Waals surface area (Å²) >= 11 is 0. The largest absolute Gasteiger partial charge is 0.298 e. The Hall–Kier alpha value is -1.11. The van der Waals surface area contributed by atoms with Crippen molar-refractivity contribution in [2.24, 2.45) is 0 Å². The third kappa shape index (κ3) is 2.82. The van der Waals surface area contributed by atoms with Gasteiger partial charge in [-0.05, 0) is 48.6 Å². The lowest BCUT2D eigenvalue weighted by Crippen LogP contribution is -2.14. The Balaban J connectivity index is 1.96. The average molecular weight is 270 g/mol. The van der Waals surface area contributed by atoms with Gasteiger partial charge in [0.05, 0.1) is 0 Å². The van der Waals surface area contributed by atoms with Gasteiger partial charge in [-0.2, -0.15) is 0 Å². The fourth-order valence-electron chi connectivity index (χ4n) is 4.34. The van der Waals surface area contributed by atoms with E-state index in [1.54, 1.807) is 0 Å². The van der Waals surface area contributed by atoms with Crippen LogP contribution in [0.5, 0.6) is 0 Å². The van der Waals surface area contributed by atoms with Crippen molar-refractivity contribution < 1.29 is 4.79 Å². The molecule has 0 spiro atoms. The summed E-state index contributed by atoms with van der Waals surface area (Å²) in [7, 11) is 0. The predicted octanol–water partition coefficient (Wildman–Crippen LogP) is 5.59. The van der Waals surface area contributed by atoms with Crippen LogP contribution < -0.4 is 0 Å². The maximum Gasteiger partial charge on any atom is 0.150 e. The zero-order chi connectivity index (χ0) is 13.8. The molecule has 0 N–H and O–H groups in total. The van der Waals surface area contributed by atoms with Crippen molar-refractivity contribution >= 4 is 6.29 Å². The molecule has 1 aromatic carbocycles. The lowest BCUT2D eigenvalue weighted by atomic mass is 9.74. The van der Waals surface area contributed by atoms with Gasteiger partial charge in [0, 0.05) is 5.56 Å². The van der Waals surface area contributed by atoms with Crippen molar-refractivity contribution in [3.63, 3.8) is 0 Å². The molecule has 1 nitrogen and oxygen atoms in total. The maximum absolute atomic E-state index is 11.5. The van der Waals surface area contributed by atoms with Crippen molar-refractivity contribution in [3.05, 3.63) is 34.9 Å². The van der Waals surface area contributed by atoms with E-state index in [0.29, 0.717) is 11.8 Å². The van der Waals surface area contributed by atoms with Gasteiger partial charge in [0.25, 0.3) is 0 Å². The molecule has 2 fully saturated rings. The quantitative estimate of drug-likeness (QED) is 0.654. The van der Waals surface area contributed by atoms with E-state index in [1.807, 2.05) is 6.07 Å². The number of hydrogen-bond acceptors (Lipinski definition) is 1. The third-order valence-electron chi connectivity index (χ3n) is 5.36. The van der Waals surface area contributed by atoms with E-state index < -0.39 is 0 Å². The normalized spacial score (nSPS) is 21.8. The van der Waals surface area contributed by atoms with Gasteiger partial charge in [-0.15, -0.1) is 0 Å². The predicted molar refractivity (Wildman–Crippen MR) is 83.5 cm³/mol. The minimum Gasteiger partial charge on any atom is -0.298 e. The zero-order valence-corrected chi connectivity index (χ0v) is 12.4. The molecule has 0 saturated heterocycles. The van der Waals surface area contributed by atoms with Gasteiger partial charge < -0.3 is 0 Å². The highest BCUT2D eigenvalue weighted by Crippen LogP contribution is 2.42. The highest BCUT2D eigenvalue weighted by molar-refractivity contribution is 5.78. The zero-order valence-electron chi connectivity index (χ0n) is 12.4. The van der Waals surface area contributed by atoms with Crippen LogP contribution in [0.25, 0.3) is 0 Å². The lowest BCUT2D eigenvalue weighted by molar-refractivity contribution is 0.112. The van der Waals surface area contributed by atoms with Gasteiger partial charge in [0.2, 0.25) is 0 Å².